The molecule has 0 spiro atoms. The summed E-state index contributed by atoms with van der Waals surface area (Å²) < 4.78 is 2.03. The first-order valence-corrected chi connectivity index (χ1v) is 11.6. The van der Waals surface area contributed by atoms with E-state index >= 15 is 0 Å². The molecule has 0 radical (unpaired) electrons. The van der Waals surface area contributed by atoms with E-state index in [1.54, 1.807) is 11.3 Å². The molecule has 5 rings (SSSR count). The maximum absolute atomic E-state index is 13.2. The largest absolute Gasteiger partial charge is 0.335 e. The quantitative estimate of drug-likeness (QED) is 0.471. The van der Waals surface area contributed by atoms with Crippen molar-refractivity contribution < 1.29 is 4.79 Å². The third kappa shape index (κ3) is 4.27. The molecule has 0 saturated carbocycles. The van der Waals surface area contributed by atoms with Gasteiger partial charge in [-0.1, -0.05) is 60.7 Å². The predicted octanol–water partition coefficient (Wildman–Crippen LogP) is 4.41. The fourth-order valence-electron chi connectivity index (χ4n) is 4.19. The van der Waals surface area contributed by atoms with Gasteiger partial charge in [0, 0.05) is 38.1 Å². The summed E-state index contributed by atoms with van der Waals surface area (Å²) in [5.74, 6) is 0.145. The summed E-state index contributed by atoms with van der Waals surface area (Å²) in [7, 11) is 0. The lowest BCUT2D eigenvalue weighted by atomic mass is 10.2. The Hall–Kier alpha value is -2.96. The highest BCUT2D eigenvalue weighted by Gasteiger charge is 2.25. The Bertz CT molecular complexity index is 1170. The third-order valence-electron chi connectivity index (χ3n) is 5.90. The maximum atomic E-state index is 13.2. The second kappa shape index (κ2) is 8.65. The molecule has 1 amide bonds. The van der Waals surface area contributed by atoms with Crippen LogP contribution in [0.4, 0.5) is 0 Å². The fraction of sp³-hybridized carbons (Fsp3) is 0.280. The Balaban J connectivity index is 1.27. The van der Waals surface area contributed by atoms with Crippen molar-refractivity contribution in [2.24, 2.45) is 0 Å². The van der Waals surface area contributed by atoms with E-state index in [0.29, 0.717) is 0 Å². The number of benzene rings is 2. The molecule has 0 atom stereocenters. The molecule has 1 aliphatic heterocycles. The molecule has 3 heterocycles. The van der Waals surface area contributed by atoms with Crippen molar-refractivity contribution in [3.63, 3.8) is 0 Å². The number of aryl methyl sites for hydroxylation is 1. The lowest BCUT2D eigenvalue weighted by Gasteiger charge is -2.34. The Morgan fingerprint density at radius 3 is 2.16 bits per heavy atom. The minimum atomic E-state index is 0.145. The van der Waals surface area contributed by atoms with E-state index in [1.165, 1.54) is 11.1 Å². The smallest absolute Gasteiger partial charge is 0.264 e. The zero-order valence-corrected chi connectivity index (χ0v) is 18.5. The number of rotatable bonds is 5. The first-order valence-electron chi connectivity index (χ1n) is 10.7. The lowest BCUT2D eigenvalue weighted by Crippen LogP contribution is -2.48. The maximum Gasteiger partial charge on any atom is 0.264 e. The monoisotopic (exact) mass is 430 g/mol. The Kier molecular flexibility index (Phi) is 5.57. The molecule has 2 aromatic heterocycles. The van der Waals surface area contributed by atoms with Crippen molar-refractivity contribution in [2.75, 3.05) is 26.2 Å². The topological polar surface area (TPSA) is 41.4 Å². The van der Waals surface area contributed by atoms with Gasteiger partial charge >= 0.3 is 0 Å². The van der Waals surface area contributed by atoms with Crippen LogP contribution >= 0.6 is 11.3 Å². The highest BCUT2D eigenvalue weighted by molar-refractivity contribution is 7.20. The van der Waals surface area contributed by atoms with Gasteiger partial charge in [-0.05, 0) is 24.1 Å². The van der Waals surface area contributed by atoms with Crippen LogP contribution < -0.4 is 0 Å². The highest BCUT2D eigenvalue weighted by Crippen LogP contribution is 2.30. The van der Waals surface area contributed by atoms with Crippen molar-refractivity contribution in [1.82, 2.24) is 19.6 Å². The molecule has 0 aliphatic carbocycles. The summed E-state index contributed by atoms with van der Waals surface area (Å²) in [6.07, 6.45) is 0. The molecule has 1 aliphatic rings. The Labute approximate surface area is 186 Å². The minimum absolute atomic E-state index is 0.145. The summed E-state index contributed by atoms with van der Waals surface area (Å²) in [6.45, 7) is 7.05. The van der Waals surface area contributed by atoms with E-state index in [2.05, 4.69) is 41.3 Å². The number of hydrogen-bond donors (Lipinski definition) is 0. The van der Waals surface area contributed by atoms with Crippen molar-refractivity contribution in [3.8, 4) is 0 Å². The molecular weight excluding hydrogens is 404 g/mol. The molecule has 0 bridgehead atoms. The van der Waals surface area contributed by atoms with Gasteiger partial charge in [0.25, 0.3) is 5.91 Å². The Morgan fingerprint density at radius 2 is 1.52 bits per heavy atom. The van der Waals surface area contributed by atoms with Crippen molar-refractivity contribution in [2.45, 2.75) is 20.0 Å². The molecule has 4 aromatic rings. The number of hydrogen-bond acceptors (Lipinski definition) is 4. The van der Waals surface area contributed by atoms with Crippen LogP contribution in [0.25, 0.3) is 10.2 Å². The number of piperazine rings is 1. The van der Waals surface area contributed by atoms with Crippen LogP contribution in [-0.2, 0) is 13.1 Å². The third-order valence-corrected chi connectivity index (χ3v) is 7.04. The average molecular weight is 431 g/mol. The normalized spacial score (nSPS) is 14.9. The molecule has 0 N–H and O–H groups in total. The summed E-state index contributed by atoms with van der Waals surface area (Å²) in [5, 5.41) is 5.79. The molecule has 6 heteroatoms. The van der Waals surface area contributed by atoms with E-state index < -0.39 is 0 Å². The highest BCUT2D eigenvalue weighted by atomic mass is 32.1. The van der Waals surface area contributed by atoms with Gasteiger partial charge < -0.3 is 4.90 Å². The number of nitrogens with zero attached hydrogens (tertiary/aromatic N) is 4. The van der Waals surface area contributed by atoms with Crippen LogP contribution in [0.3, 0.4) is 0 Å². The summed E-state index contributed by atoms with van der Waals surface area (Å²) in [6, 6.07) is 22.9. The number of carbonyl (C=O) groups excluding carboxylic acids is 1. The van der Waals surface area contributed by atoms with Gasteiger partial charge in [0.1, 0.15) is 4.83 Å². The van der Waals surface area contributed by atoms with Crippen LogP contribution in [0.2, 0.25) is 0 Å². The number of thiophene rings is 1. The number of amides is 1. The van der Waals surface area contributed by atoms with Crippen molar-refractivity contribution >= 4 is 27.5 Å². The summed E-state index contributed by atoms with van der Waals surface area (Å²) in [5.41, 5.74) is 3.52. The van der Waals surface area contributed by atoms with E-state index in [0.717, 1.165) is 60.1 Å². The first-order chi connectivity index (χ1) is 15.2. The van der Waals surface area contributed by atoms with E-state index in [-0.39, 0.29) is 5.91 Å². The number of aromatic nitrogens is 2. The van der Waals surface area contributed by atoms with Gasteiger partial charge in [0.2, 0.25) is 0 Å². The molecule has 2 aromatic carbocycles. The molecule has 158 valence electrons. The molecular formula is C25H26N4OS. The summed E-state index contributed by atoms with van der Waals surface area (Å²) >= 11 is 1.56. The first kappa shape index (κ1) is 20.0. The van der Waals surface area contributed by atoms with Gasteiger partial charge in [-0.2, -0.15) is 5.10 Å². The standard InChI is InChI=1S/C25H26N4OS/c1-19-22-16-23(31-25(22)29(26-19)18-21-10-6-3-7-11-21)24(30)28-14-12-27(13-15-28)17-20-8-4-2-5-9-20/h2-11,16H,12-15,17-18H2,1H3. The molecule has 31 heavy (non-hydrogen) atoms. The molecule has 0 unspecified atom stereocenters. The zero-order valence-electron chi connectivity index (χ0n) is 17.7. The SMILES string of the molecule is Cc1nn(Cc2ccccc2)c2sc(C(=O)N3CCN(Cc4ccccc4)CC3)cc12. The minimum Gasteiger partial charge on any atom is -0.335 e. The number of fused-ring (bicyclic) bond motifs is 1. The van der Waals surface area contributed by atoms with Crippen LogP contribution in [-0.4, -0.2) is 51.7 Å². The van der Waals surface area contributed by atoms with Crippen molar-refractivity contribution in [3.05, 3.63) is 88.4 Å². The van der Waals surface area contributed by atoms with Crippen molar-refractivity contribution in [1.29, 1.82) is 0 Å². The fourth-order valence-corrected chi connectivity index (χ4v) is 5.32. The molecule has 1 fully saturated rings. The van der Waals surface area contributed by atoms with Gasteiger partial charge in [-0.15, -0.1) is 11.3 Å². The van der Waals surface area contributed by atoms with E-state index in [4.69, 9.17) is 5.10 Å². The molecule has 5 nitrogen and oxygen atoms in total. The van der Waals surface area contributed by atoms with E-state index in [9.17, 15) is 4.79 Å². The second-order valence-corrected chi connectivity index (χ2v) is 9.14. The average Bonchev–Trinajstić information content (AvgIpc) is 3.36. The second-order valence-electron chi connectivity index (χ2n) is 8.11. The van der Waals surface area contributed by atoms with E-state index in [1.807, 2.05) is 46.8 Å². The predicted molar refractivity (Wildman–Crippen MR) is 126 cm³/mol. The zero-order chi connectivity index (χ0) is 21.2. The molecule has 1 saturated heterocycles. The Morgan fingerprint density at radius 1 is 0.903 bits per heavy atom. The van der Waals surface area contributed by atoms with Crippen LogP contribution in [0.15, 0.2) is 66.7 Å². The van der Waals surface area contributed by atoms with Crippen LogP contribution in [0, 0.1) is 6.92 Å². The van der Waals surface area contributed by atoms with Gasteiger partial charge in [0.05, 0.1) is 17.1 Å². The summed E-state index contributed by atoms with van der Waals surface area (Å²) in [4.78, 5) is 19.5. The van der Waals surface area contributed by atoms with Crippen LogP contribution in [0.5, 0.6) is 0 Å². The van der Waals surface area contributed by atoms with Gasteiger partial charge in [-0.3, -0.25) is 14.4 Å². The van der Waals surface area contributed by atoms with Gasteiger partial charge in [-0.25, -0.2) is 0 Å². The number of carbonyl (C=O) groups is 1. The lowest BCUT2D eigenvalue weighted by molar-refractivity contribution is 0.0633. The van der Waals surface area contributed by atoms with Crippen LogP contribution in [0.1, 0.15) is 26.5 Å². The van der Waals surface area contributed by atoms with Gasteiger partial charge in [0.15, 0.2) is 0 Å².